The quantitative estimate of drug-likeness (QED) is 0.121. The topological polar surface area (TPSA) is 29.4 Å². The van der Waals surface area contributed by atoms with Crippen LogP contribution in [-0.2, 0) is 11.2 Å². The number of hydrogen-bond donors (Lipinski definition) is 0. The van der Waals surface area contributed by atoms with Crippen molar-refractivity contribution in [3.8, 4) is 0 Å². The molecule has 1 heterocycles. The lowest BCUT2D eigenvalue weighted by Crippen LogP contribution is -2.02. The van der Waals surface area contributed by atoms with Gasteiger partial charge in [0.1, 0.15) is 0 Å². The summed E-state index contributed by atoms with van der Waals surface area (Å²) in [4.78, 5) is 13.5. The summed E-state index contributed by atoms with van der Waals surface area (Å²) in [6.07, 6.45) is 24.7. The van der Waals surface area contributed by atoms with Crippen molar-refractivity contribution in [3.05, 3.63) is 22.4 Å². The maximum atomic E-state index is 9.95. The lowest BCUT2D eigenvalue weighted by Gasteiger charge is -2.13. The summed E-state index contributed by atoms with van der Waals surface area (Å²) in [6, 6.07) is 2.29. The fraction of sp³-hybridized carbons (Fsp3) is 0.800. The Bertz CT molecular complexity index is 479. The van der Waals surface area contributed by atoms with E-state index in [4.69, 9.17) is 0 Å². The van der Waals surface area contributed by atoms with Gasteiger partial charge in [0.2, 0.25) is 6.08 Å². The summed E-state index contributed by atoms with van der Waals surface area (Å²) < 4.78 is 0. The summed E-state index contributed by atoms with van der Waals surface area (Å²) in [6.45, 7) is 3.01. The second-order valence-electron chi connectivity index (χ2n) is 8.32. The third kappa shape index (κ3) is 15.1. The number of nitrogens with zero attached hydrogens (tertiary/aromatic N) is 1. The number of hydrogen-bond acceptors (Lipinski definition) is 3. The van der Waals surface area contributed by atoms with Gasteiger partial charge in [-0.1, -0.05) is 103 Å². The Kier molecular flexibility index (Phi) is 17.4. The van der Waals surface area contributed by atoms with E-state index < -0.39 is 0 Å². The number of rotatable bonds is 20. The average molecular weight is 406 g/mol. The molecular weight excluding hydrogens is 362 g/mol. The predicted molar refractivity (Wildman–Crippen MR) is 124 cm³/mol. The second-order valence-corrected chi connectivity index (χ2v) is 9.10. The van der Waals surface area contributed by atoms with Gasteiger partial charge in [-0.05, 0) is 41.1 Å². The first-order chi connectivity index (χ1) is 13.9. The van der Waals surface area contributed by atoms with Crippen molar-refractivity contribution in [2.75, 3.05) is 6.54 Å². The highest BCUT2D eigenvalue weighted by Crippen LogP contribution is 2.21. The Hall–Kier alpha value is -0.920. The monoisotopic (exact) mass is 405 g/mol. The minimum atomic E-state index is 0.664. The molecule has 0 radical (unpaired) electrons. The lowest BCUT2D eigenvalue weighted by atomic mass is 9.92. The van der Waals surface area contributed by atoms with Gasteiger partial charge in [-0.15, -0.1) is 0 Å². The van der Waals surface area contributed by atoms with E-state index in [0.29, 0.717) is 6.54 Å². The molecule has 0 aliphatic carbocycles. The van der Waals surface area contributed by atoms with Crippen LogP contribution >= 0.6 is 11.3 Å². The summed E-state index contributed by atoms with van der Waals surface area (Å²) in [5, 5.41) is 4.52. The van der Waals surface area contributed by atoms with Crippen molar-refractivity contribution in [1.82, 2.24) is 0 Å². The molecule has 0 aliphatic heterocycles. The van der Waals surface area contributed by atoms with Crippen LogP contribution in [0.2, 0.25) is 0 Å². The highest BCUT2D eigenvalue weighted by Gasteiger charge is 2.07. The SMILES string of the molecule is CCC(CCCCCCCCCCCCCCCCN=C=O)Cc1ccsc1. The van der Waals surface area contributed by atoms with Crippen molar-refractivity contribution in [1.29, 1.82) is 0 Å². The van der Waals surface area contributed by atoms with Crippen LogP contribution < -0.4 is 0 Å². The molecule has 2 nitrogen and oxygen atoms in total. The van der Waals surface area contributed by atoms with Crippen molar-refractivity contribution in [2.45, 2.75) is 116 Å². The highest BCUT2D eigenvalue weighted by atomic mass is 32.1. The smallest absolute Gasteiger partial charge is 0.211 e. The molecule has 0 N–H and O–H groups in total. The van der Waals surface area contributed by atoms with Crippen LogP contribution in [0.4, 0.5) is 0 Å². The van der Waals surface area contributed by atoms with Gasteiger partial charge < -0.3 is 0 Å². The zero-order valence-corrected chi connectivity index (χ0v) is 19.1. The molecule has 0 saturated carbocycles. The molecular formula is C25H43NOS. The van der Waals surface area contributed by atoms with E-state index in [1.807, 2.05) is 11.3 Å². The normalized spacial score (nSPS) is 12.0. The first-order valence-corrected chi connectivity index (χ1v) is 12.9. The minimum absolute atomic E-state index is 0.664. The van der Waals surface area contributed by atoms with Gasteiger partial charge in [-0.25, -0.2) is 9.79 Å². The Labute approximate surface area is 178 Å². The van der Waals surface area contributed by atoms with Crippen LogP contribution in [0.5, 0.6) is 0 Å². The molecule has 0 aliphatic rings. The Morgan fingerprint density at radius 1 is 0.857 bits per heavy atom. The molecule has 1 rings (SSSR count). The van der Waals surface area contributed by atoms with Crippen molar-refractivity contribution in [3.63, 3.8) is 0 Å². The molecule has 28 heavy (non-hydrogen) atoms. The van der Waals surface area contributed by atoms with Crippen molar-refractivity contribution < 1.29 is 4.79 Å². The molecule has 1 aromatic rings. The number of isocyanates is 1. The fourth-order valence-electron chi connectivity index (χ4n) is 3.98. The summed E-state index contributed by atoms with van der Waals surface area (Å²) in [5.41, 5.74) is 1.54. The minimum Gasteiger partial charge on any atom is -0.211 e. The summed E-state index contributed by atoms with van der Waals surface area (Å²) in [5.74, 6) is 0.888. The summed E-state index contributed by atoms with van der Waals surface area (Å²) in [7, 11) is 0. The Morgan fingerprint density at radius 2 is 1.39 bits per heavy atom. The second kappa shape index (κ2) is 19.4. The standard InChI is InChI=1S/C25H43NOS/c1-2-24(21-25-18-20-28-22-25)17-15-13-11-9-7-5-3-4-6-8-10-12-14-16-19-26-23-27/h18,20,22,24H,2-17,19,21H2,1H3. The largest absolute Gasteiger partial charge is 0.234 e. The maximum absolute atomic E-state index is 9.95. The van der Waals surface area contributed by atoms with E-state index in [9.17, 15) is 4.79 Å². The summed E-state index contributed by atoms with van der Waals surface area (Å²) >= 11 is 1.83. The van der Waals surface area contributed by atoms with Crippen LogP contribution in [0.3, 0.4) is 0 Å². The molecule has 0 fully saturated rings. The molecule has 1 unspecified atom stereocenters. The van der Waals surface area contributed by atoms with E-state index in [1.165, 1.54) is 103 Å². The molecule has 0 aromatic carbocycles. The Balaban J connectivity index is 1.77. The van der Waals surface area contributed by atoms with Gasteiger partial charge in [-0.3, -0.25) is 0 Å². The van der Waals surface area contributed by atoms with Gasteiger partial charge in [0.05, 0.1) is 6.54 Å². The van der Waals surface area contributed by atoms with Crippen molar-refractivity contribution in [2.24, 2.45) is 10.9 Å². The number of aliphatic imine (C=N–C) groups is 1. The maximum Gasteiger partial charge on any atom is 0.234 e. The molecule has 3 heteroatoms. The molecule has 0 saturated heterocycles. The van der Waals surface area contributed by atoms with Gasteiger partial charge in [0.15, 0.2) is 0 Å². The fourth-order valence-corrected chi connectivity index (χ4v) is 4.67. The first kappa shape index (κ1) is 25.1. The van der Waals surface area contributed by atoms with Gasteiger partial charge in [-0.2, -0.15) is 11.3 Å². The zero-order chi connectivity index (χ0) is 20.1. The van der Waals surface area contributed by atoms with Crippen molar-refractivity contribution >= 4 is 17.4 Å². The zero-order valence-electron chi connectivity index (χ0n) is 18.3. The lowest BCUT2D eigenvalue weighted by molar-refractivity contribution is 0.435. The van der Waals surface area contributed by atoms with Gasteiger partial charge in [0.25, 0.3) is 0 Å². The molecule has 1 atom stereocenters. The number of thiophene rings is 1. The Morgan fingerprint density at radius 3 is 1.86 bits per heavy atom. The third-order valence-corrected chi connectivity index (χ3v) is 6.61. The van der Waals surface area contributed by atoms with Crippen LogP contribution in [-0.4, -0.2) is 12.6 Å². The molecule has 1 aromatic heterocycles. The molecule has 0 spiro atoms. The van der Waals surface area contributed by atoms with Gasteiger partial charge in [0, 0.05) is 0 Å². The molecule has 0 amide bonds. The van der Waals surface area contributed by atoms with Crippen LogP contribution in [0.25, 0.3) is 0 Å². The third-order valence-electron chi connectivity index (χ3n) is 5.88. The number of unbranched alkanes of at least 4 members (excludes halogenated alkanes) is 13. The van der Waals surface area contributed by atoms with Crippen LogP contribution in [0.1, 0.15) is 115 Å². The van der Waals surface area contributed by atoms with E-state index in [-0.39, 0.29) is 0 Å². The highest BCUT2D eigenvalue weighted by molar-refractivity contribution is 7.07. The average Bonchev–Trinajstić information content (AvgIpc) is 3.22. The first-order valence-electron chi connectivity index (χ1n) is 11.9. The number of carbonyl (C=O) groups excluding carboxylic acids is 1. The molecule has 0 bridgehead atoms. The van der Waals surface area contributed by atoms with E-state index in [0.717, 1.165) is 12.3 Å². The van der Waals surface area contributed by atoms with Gasteiger partial charge >= 0.3 is 0 Å². The van der Waals surface area contributed by atoms with Crippen LogP contribution in [0, 0.1) is 5.92 Å². The molecule has 160 valence electrons. The van der Waals surface area contributed by atoms with E-state index in [1.54, 1.807) is 11.6 Å². The van der Waals surface area contributed by atoms with E-state index >= 15 is 0 Å². The van der Waals surface area contributed by atoms with Crippen LogP contribution in [0.15, 0.2) is 21.8 Å². The predicted octanol–water partition coefficient (Wildman–Crippen LogP) is 8.50. The van der Waals surface area contributed by atoms with E-state index in [2.05, 4.69) is 28.7 Å².